The van der Waals surface area contributed by atoms with Crippen LogP contribution in [0.15, 0.2) is 24.3 Å². The van der Waals surface area contributed by atoms with Crippen molar-refractivity contribution in [3.05, 3.63) is 41.5 Å². The molecule has 1 amide bonds. The van der Waals surface area contributed by atoms with E-state index < -0.39 is 0 Å². The van der Waals surface area contributed by atoms with Gasteiger partial charge in [-0.25, -0.2) is 0 Å². The van der Waals surface area contributed by atoms with Crippen LogP contribution >= 0.6 is 0 Å². The first-order chi connectivity index (χ1) is 12.7. The predicted molar refractivity (Wildman–Crippen MR) is 94.8 cm³/mol. The molecule has 7 heteroatoms. The quantitative estimate of drug-likeness (QED) is 0.788. The van der Waals surface area contributed by atoms with Crippen molar-refractivity contribution >= 4 is 5.91 Å². The second-order valence-electron chi connectivity index (χ2n) is 7.19. The number of hydrogen-bond donors (Lipinski definition) is 2. The van der Waals surface area contributed by atoms with Gasteiger partial charge in [0, 0.05) is 18.0 Å². The van der Waals surface area contributed by atoms with Crippen LogP contribution in [0.1, 0.15) is 54.9 Å². The Balaban J connectivity index is 1.31. The van der Waals surface area contributed by atoms with E-state index in [1.54, 1.807) is 7.11 Å². The van der Waals surface area contributed by atoms with Crippen LogP contribution in [0.3, 0.4) is 0 Å². The van der Waals surface area contributed by atoms with Crippen LogP contribution in [0.25, 0.3) is 0 Å². The molecule has 0 saturated heterocycles. The molecule has 2 fully saturated rings. The number of aliphatic hydroxyl groups is 1. The molecule has 0 aliphatic heterocycles. The second-order valence-corrected chi connectivity index (χ2v) is 7.19. The van der Waals surface area contributed by atoms with Crippen molar-refractivity contribution in [2.75, 3.05) is 7.11 Å². The highest BCUT2D eigenvalue weighted by Crippen LogP contribution is 2.42. The Bertz CT molecular complexity index is 794. The Morgan fingerprint density at radius 2 is 2.15 bits per heavy atom. The van der Waals surface area contributed by atoms with E-state index in [0.29, 0.717) is 24.2 Å². The molecular formula is C19H24N4O3. The van der Waals surface area contributed by atoms with Gasteiger partial charge in [-0.2, -0.15) is 0 Å². The van der Waals surface area contributed by atoms with Crippen LogP contribution in [-0.4, -0.2) is 38.9 Å². The summed E-state index contributed by atoms with van der Waals surface area (Å²) in [7, 11) is 1.62. The third kappa shape index (κ3) is 3.44. The van der Waals surface area contributed by atoms with E-state index in [9.17, 15) is 9.90 Å². The molecule has 4 rings (SSSR count). The molecule has 0 atom stereocenters. The normalized spacial score (nSPS) is 21.9. The number of carbonyl (C=O) groups is 1. The topological polar surface area (TPSA) is 89.3 Å². The van der Waals surface area contributed by atoms with Gasteiger partial charge in [-0.1, -0.05) is 12.1 Å². The summed E-state index contributed by atoms with van der Waals surface area (Å²) in [5.74, 6) is 2.73. The van der Waals surface area contributed by atoms with E-state index in [2.05, 4.69) is 20.1 Å². The van der Waals surface area contributed by atoms with Crippen molar-refractivity contribution in [2.45, 2.75) is 56.7 Å². The standard InChI is InChI=1S/C19H24N4O3/c1-26-16-4-2-3-12(7-16)8-18(25)20-14-9-13(10-14)19-22-21-17(11-24)23(19)15-5-6-15/h2-4,7,13-15,24H,5-6,8-11H2,1H3,(H,20,25). The molecule has 2 aliphatic carbocycles. The molecule has 2 saturated carbocycles. The van der Waals surface area contributed by atoms with Gasteiger partial charge >= 0.3 is 0 Å². The lowest BCUT2D eigenvalue weighted by atomic mass is 9.79. The second kappa shape index (κ2) is 7.07. The maximum atomic E-state index is 12.3. The number of hydrogen-bond acceptors (Lipinski definition) is 5. The number of aliphatic hydroxyl groups excluding tert-OH is 1. The summed E-state index contributed by atoms with van der Waals surface area (Å²) in [6.45, 7) is -0.0725. The van der Waals surface area contributed by atoms with Crippen molar-refractivity contribution in [2.24, 2.45) is 0 Å². The van der Waals surface area contributed by atoms with E-state index in [1.807, 2.05) is 24.3 Å². The molecule has 1 heterocycles. The monoisotopic (exact) mass is 356 g/mol. The van der Waals surface area contributed by atoms with E-state index in [-0.39, 0.29) is 18.6 Å². The molecule has 26 heavy (non-hydrogen) atoms. The Morgan fingerprint density at radius 3 is 2.85 bits per heavy atom. The van der Waals surface area contributed by atoms with Gasteiger partial charge in [0.15, 0.2) is 5.82 Å². The maximum absolute atomic E-state index is 12.3. The van der Waals surface area contributed by atoms with Gasteiger partial charge in [0.1, 0.15) is 18.2 Å². The summed E-state index contributed by atoms with van der Waals surface area (Å²) in [6.07, 6.45) is 4.36. The third-order valence-corrected chi connectivity index (χ3v) is 5.21. The summed E-state index contributed by atoms with van der Waals surface area (Å²) in [5.41, 5.74) is 0.943. The number of methoxy groups -OCH3 is 1. The molecule has 0 spiro atoms. The zero-order chi connectivity index (χ0) is 18.1. The SMILES string of the molecule is COc1cccc(CC(=O)NC2CC(c3nnc(CO)n3C3CC3)C2)c1. The summed E-state index contributed by atoms with van der Waals surface area (Å²) in [6, 6.07) is 8.21. The highest BCUT2D eigenvalue weighted by Gasteiger charge is 2.38. The Hall–Kier alpha value is -2.41. The molecule has 0 radical (unpaired) electrons. The molecule has 2 aliphatic rings. The predicted octanol–water partition coefficient (Wildman–Crippen LogP) is 1.72. The van der Waals surface area contributed by atoms with Crippen molar-refractivity contribution in [1.82, 2.24) is 20.1 Å². The first-order valence-electron chi connectivity index (χ1n) is 9.14. The van der Waals surface area contributed by atoms with Crippen LogP contribution in [-0.2, 0) is 17.8 Å². The highest BCUT2D eigenvalue weighted by atomic mass is 16.5. The van der Waals surface area contributed by atoms with Crippen LogP contribution in [0.4, 0.5) is 0 Å². The van der Waals surface area contributed by atoms with Crippen molar-refractivity contribution in [3.8, 4) is 5.75 Å². The summed E-state index contributed by atoms with van der Waals surface area (Å²) < 4.78 is 7.31. The minimum absolute atomic E-state index is 0.0291. The van der Waals surface area contributed by atoms with Gasteiger partial charge in [-0.3, -0.25) is 4.79 Å². The molecule has 2 N–H and O–H groups in total. The van der Waals surface area contributed by atoms with Gasteiger partial charge in [0.05, 0.1) is 13.5 Å². The molecule has 7 nitrogen and oxygen atoms in total. The molecule has 1 aromatic heterocycles. The van der Waals surface area contributed by atoms with Crippen molar-refractivity contribution in [3.63, 3.8) is 0 Å². The lowest BCUT2D eigenvalue weighted by Gasteiger charge is -2.35. The van der Waals surface area contributed by atoms with Crippen LogP contribution in [0.5, 0.6) is 5.75 Å². The molecule has 2 aromatic rings. The number of nitrogens with zero attached hydrogens (tertiary/aromatic N) is 3. The van der Waals surface area contributed by atoms with E-state index >= 15 is 0 Å². The zero-order valence-corrected chi connectivity index (χ0v) is 14.9. The minimum atomic E-state index is -0.0725. The van der Waals surface area contributed by atoms with E-state index in [4.69, 9.17) is 4.74 Å². The van der Waals surface area contributed by atoms with Gasteiger partial charge in [-0.05, 0) is 43.4 Å². The number of benzene rings is 1. The molecule has 0 bridgehead atoms. The average Bonchev–Trinajstić information content (AvgIpc) is 3.37. The fourth-order valence-corrected chi connectivity index (χ4v) is 3.65. The molecular weight excluding hydrogens is 332 g/mol. The van der Waals surface area contributed by atoms with Gasteiger partial charge in [0.25, 0.3) is 0 Å². The fourth-order valence-electron chi connectivity index (χ4n) is 3.65. The molecule has 138 valence electrons. The van der Waals surface area contributed by atoms with Gasteiger partial charge < -0.3 is 19.7 Å². The number of rotatable bonds is 7. The summed E-state index contributed by atoms with van der Waals surface area (Å²) in [4.78, 5) is 12.3. The summed E-state index contributed by atoms with van der Waals surface area (Å²) >= 11 is 0. The van der Waals surface area contributed by atoms with Gasteiger partial charge in [0.2, 0.25) is 5.91 Å². The van der Waals surface area contributed by atoms with Crippen LogP contribution in [0.2, 0.25) is 0 Å². The van der Waals surface area contributed by atoms with Crippen molar-refractivity contribution < 1.29 is 14.6 Å². The first kappa shape index (κ1) is 17.0. The van der Waals surface area contributed by atoms with Gasteiger partial charge in [-0.15, -0.1) is 10.2 Å². The van der Waals surface area contributed by atoms with E-state index in [0.717, 1.165) is 42.8 Å². The smallest absolute Gasteiger partial charge is 0.224 e. The number of carbonyl (C=O) groups excluding carboxylic acids is 1. The Morgan fingerprint density at radius 1 is 1.35 bits per heavy atom. The number of amides is 1. The van der Waals surface area contributed by atoms with E-state index in [1.165, 1.54) is 0 Å². The third-order valence-electron chi connectivity index (χ3n) is 5.21. The Kier molecular flexibility index (Phi) is 4.63. The minimum Gasteiger partial charge on any atom is -0.497 e. The number of ether oxygens (including phenoxy) is 1. The maximum Gasteiger partial charge on any atom is 0.224 e. The number of nitrogens with one attached hydrogen (secondary N) is 1. The largest absolute Gasteiger partial charge is 0.497 e. The number of aromatic nitrogens is 3. The average molecular weight is 356 g/mol. The lowest BCUT2D eigenvalue weighted by Crippen LogP contribution is -2.44. The first-order valence-corrected chi connectivity index (χ1v) is 9.14. The molecule has 0 unspecified atom stereocenters. The van der Waals surface area contributed by atoms with Crippen LogP contribution < -0.4 is 10.1 Å². The van der Waals surface area contributed by atoms with Crippen molar-refractivity contribution in [1.29, 1.82) is 0 Å². The van der Waals surface area contributed by atoms with Crippen LogP contribution in [0, 0.1) is 0 Å². The Labute approximate surface area is 152 Å². The molecule has 1 aromatic carbocycles. The fraction of sp³-hybridized carbons (Fsp3) is 0.526. The lowest BCUT2D eigenvalue weighted by molar-refractivity contribution is -0.121. The highest BCUT2D eigenvalue weighted by molar-refractivity contribution is 5.79. The summed E-state index contributed by atoms with van der Waals surface area (Å²) in [5, 5.41) is 21.0. The zero-order valence-electron chi connectivity index (χ0n) is 14.9.